The fourth-order valence-electron chi connectivity index (χ4n) is 4.58. The molecule has 0 aliphatic carbocycles. The van der Waals surface area contributed by atoms with E-state index in [-0.39, 0.29) is 0 Å². The highest BCUT2D eigenvalue weighted by molar-refractivity contribution is 5.84. The Morgan fingerprint density at radius 3 is 2.75 bits per heavy atom. The molecule has 0 spiro atoms. The number of aromatic nitrogens is 4. The third-order valence-electron chi connectivity index (χ3n) is 6.59. The summed E-state index contributed by atoms with van der Waals surface area (Å²) >= 11 is 0. The maximum atomic E-state index is 10.7. The number of nitrogens with zero attached hydrogens (tertiary/aromatic N) is 6. The predicted octanol–water partition coefficient (Wildman–Crippen LogP) is 3.51. The molecule has 4 heterocycles. The molecule has 10 nitrogen and oxygen atoms in total. The topological polar surface area (TPSA) is 127 Å². The summed E-state index contributed by atoms with van der Waals surface area (Å²) in [7, 11) is 0. The maximum Gasteiger partial charge on any atom is 0.232 e. The van der Waals surface area contributed by atoms with Gasteiger partial charge in [-0.3, -0.25) is 15.0 Å². The molecule has 10 heteroatoms. The molecule has 4 aromatic rings. The van der Waals surface area contributed by atoms with Gasteiger partial charge in [0.25, 0.3) is 0 Å². The lowest BCUT2D eigenvalue weighted by Gasteiger charge is -2.34. The van der Waals surface area contributed by atoms with Gasteiger partial charge in [-0.05, 0) is 56.5 Å². The number of carbonyl (C=O) groups is 1. The second-order valence-electron chi connectivity index (χ2n) is 8.94. The van der Waals surface area contributed by atoms with Gasteiger partial charge < -0.3 is 14.3 Å². The Morgan fingerprint density at radius 2 is 2.00 bits per heavy atom. The first kappa shape index (κ1) is 23.5. The van der Waals surface area contributed by atoms with Gasteiger partial charge in [0.2, 0.25) is 24.1 Å². The molecule has 0 unspecified atom stereocenters. The number of nitrogens with one attached hydrogen (secondary N) is 2. The number of anilines is 2. The van der Waals surface area contributed by atoms with Gasteiger partial charge in [-0.1, -0.05) is 0 Å². The molecule has 184 valence electrons. The first-order valence-electron chi connectivity index (χ1n) is 12.1. The minimum Gasteiger partial charge on any atom is -0.420 e. The van der Waals surface area contributed by atoms with Crippen LogP contribution in [0.3, 0.4) is 0 Å². The zero-order chi connectivity index (χ0) is 24.9. The number of fused-ring (bicyclic) bond motifs is 1. The quantitative estimate of drug-likeness (QED) is 0.273. The molecule has 36 heavy (non-hydrogen) atoms. The second-order valence-corrected chi connectivity index (χ2v) is 8.94. The third-order valence-corrected chi connectivity index (χ3v) is 6.59. The second kappa shape index (κ2) is 10.6. The standard InChI is InChI=1S/C26H28N8O2/c1-18-24(31-17-35)36-25(32-18)21-15-29-26(30-16-21)34-10-8-33(9-11-34)7-3-2-4-20-14-28-23-6-5-19(13-27)12-22(20)23/h5-6,12,14-17,28H,2-4,7-11H2,1H3,(H,31,35). The number of carbonyl (C=O) groups excluding carboxylic acids is 1. The van der Waals surface area contributed by atoms with Gasteiger partial charge >= 0.3 is 0 Å². The Balaban J connectivity index is 1.08. The third kappa shape index (κ3) is 5.06. The van der Waals surface area contributed by atoms with Crippen LogP contribution < -0.4 is 10.2 Å². The fraction of sp³-hybridized carbons (Fsp3) is 0.346. The number of amides is 1. The number of oxazole rings is 1. The zero-order valence-corrected chi connectivity index (χ0v) is 20.2. The molecule has 1 aromatic carbocycles. The van der Waals surface area contributed by atoms with E-state index in [9.17, 15) is 4.79 Å². The molecule has 1 aliphatic heterocycles. The molecule has 1 amide bonds. The summed E-state index contributed by atoms with van der Waals surface area (Å²) in [6.45, 7) is 6.54. The van der Waals surface area contributed by atoms with E-state index >= 15 is 0 Å². The zero-order valence-electron chi connectivity index (χ0n) is 20.2. The summed E-state index contributed by atoms with van der Waals surface area (Å²) in [5, 5.41) is 12.8. The Kier molecular flexibility index (Phi) is 6.91. The molecule has 2 N–H and O–H groups in total. The van der Waals surface area contributed by atoms with Gasteiger partial charge in [0, 0.05) is 55.7 Å². The van der Waals surface area contributed by atoms with Crippen molar-refractivity contribution >= 4 is 29.1 Å². The van der Waals surface area contributed by atoms with Gasteiger partial charge in [0.05, 0.1) is 17.2 Å². The molecule has 0 radical (unpaired) electrons. The van der Waals surface area contributed by atoms with Crippen molar-refractivity contribution in [1.29, 1.82) is 5.26 Å². The Bertz CT molecular complexity index is 1380. The lowest BCUT2D eigenvalue weighted by molar-refractivity contribution is -0.105. The van der Waals surface area contributed by atoms with Crippen molar-refractivity contribution in [1.82, 2.24) is 24.8 Å². The number of nitriles is 1. The summed E-state index contributed by atoms with van der Waals surface area (Å²) in [4.78, 5) is 32.0. The lowest BCUT2D eigenvalue weighted by atomic mass is 10.1. The van der Waals surface area contributed by atoms with Crippen LogP contribution in [-0.2, 0) is 11.2 Å². The summed E-state index contributed by atoms with van der Waals surface area (Å²) in [5.41, 5.74) is 4.34. The Hall–Kier alpha value is -4.23. The first-order chi connectivity index (χ1) is 17.6. The molecule has 1 aliphatic rings. The minimum atomic E-state index is 0.329. The molecular weight excluding hydrogens is 456 g/mol. The van der Waals surface area contributed by atoms with Crippen LogP contribution in [0.1, 0.15) is 29.7 Å². The van der Waals surface area contributed by atoms with Gasteiger partial charge in [0.1, 0.15) is 5.69 Å². The average molecular weight is 485 g/mol. The van der Waals surface area contributed by atoms with Crippen LogP contribution in [0, 0.1) is 18.3 Å². The molecular formula is C26H28N8O2. The van der Waals surface area contributed by atoms with E-state index < -0.39 is 0 Å². The van der Waals surface area contributed by atoms with E-state index in [1.807, 2.05) is 18.2 Å². The molecule has 1 fully saturated rings. The van der Waals surface area contributed by atoms with E-state index in [2.05, 4.69) is 47.3 Å². The van der Waals surface area contributed by atoms with Crippen LogP contribution in [0.4, 0.5) is 11.8 Å². The minimum absolute atomic E-state index is 0.329. The number of aryl methyl sites for hydroxylation is 2. The van der Waals surface area contributed by atoms with Crippen molar-refractivity contribution in [3.8, 4) is 17.5 Å². The van der Waals surface area contributed by atoms with Gasteiger partial charge in [-0.15, -0.1) is 0 Å². The number of benzene rings is 1. The highest BCUT2D eigenvalue weighted by atomic mass is 16.4. The van der Waals surface area contributed by atoms with E-state index in [0.29, 0.717) is 41.0 Å². The Morgan fingerprint density at radius 1 is 1.19 bits per heavy atom. The summed E-state index contributed by atoms with van der Waals surface area (Å²) in [6.07, 6.45) is 9.29. The van der Waals surface area contributed by atoms with Crippen molar-refractivity contribution in [2.24, 2.45) is 0 Å². The van der Waals surface area contributed by atoms with Gasteiger partial charge in [0.15, 0.2) is 0 Å². The van der Waals surface area contributed by atoms with E-state index in [0.717, 1.165) is 62.9 Å². The van der Waals surface area contributed by atoms with Crippen molar-refractivity contribution in [2.45, 2.75) is 26.2 Å². The van der Waals surface area contributed by atoms with Crippen molar-refractivity contribution < 1.29 is 9.21 Å². The van der Waals surface area contributed by atoms with Crippen molar-refractivity contribution in [3.05, 3.63) is 53.6 Å². The number of H-pyrrole nitrogens is 1. The van der Waals surface area contributed by atoms with Crippen molar-refractivity contribution in [3.63, 3.8) is 0 Å². The molecule has 0 bridgehead atoms. The summed E-state index contributed by atoms with van der Waals surface area (Å²) in [6, 6.07) is 8.03. The van der Waals surface area contributed by atoms with Crippen molar-refractivity contribution in [2.75, 3.05) is 42.9 Å². The van der Waals surface area contributed by atoms with Crippen LogP contribution in [0.2, 0.25) is 0 Å². The Labute approximate surface area is 209 Å². The van der Waals surface area contributed by atoms with E-state index in [4.69, 9.17) is 9.68 Å². The van der Waals surface area contributed by atoms with Crippen LogP contribution in [0.5, 0.6) is 0 Å². The van der Waals surface area contributed by atoms with E-state index in [1.165, 1.54) is 5.56 Å². The molecule has 0 atom stereocenters. The smallest absolute Gasteiger partial charge is 0.232 e. The highest BCUT2D eigenvalue weighted by Gasteiger charge is 2.19. The predicted molar refractivity (Wildman–Crippen MR) is 137 cm³/mol. The number of hydrogen-bond acceptors (Lipinski definition) is 8. The number of piperazine rings is 1. The monoisotopic (exact) mass is 484 g/mol. The number of aromatic amines is 1. The normalized spacial score (nSPS) is 14.2. The first-order valence-corrected chi connectivity index (χ1v) is 12.1. The maximum absolute atomic E-state index is 10.7. The average Bonchev–Trinajstić information content (AvgIpc) is 3.50. The van der Waals surface area contributed by atoms with Crippen LogP contribution >= 0.6 is 0 Å². The lowest BCUT2D eigenvalue weighted by Crippen LogP contribution is -2.47. The van der Waals surface area contributed by atoms with Gasteiger partial charge in [-0.2, -0.15) is 5.26 Å². The van der Waals surface area contributed by atoms with Crippen LogP contribution in [0.25, 0.3) is 22.4 Å². The highest BCUT2D eigenvalue weighted by Crippen LogP contribution is 2.25. The molecule has 3 aromatic heterocycles. The molecule has 1 saturated heterocycles. The SMILES string of the molecule is Cc1nc(-c2cnc(N3CCN(CCCCc4c[nH]c5ccc(C#N)cc45)CC3)nc2)oc1NC=O. The number of unbranched alkanes of at least 4 members (excludes halogenated alkanes) is 1. The molecule has 5 rings (SSSR count). The van der Waals surface area contributed by atoms with Crippen LogP contribution in [0.15, 0.2) is 41.2 Å². The van der Waals surface area contributed by atoms with Gasteiger partial charge in [-0.25, -0.2) is 15.0 Å². The largest absolute Gasteiger partial charge is 0.420 e. The fourth-order valence-corrected chi connectivity index (χ4v) is 4.58. The molecule has 0 saturated carbocycles. The van der Waals surface area contributed by atoms with E-state index in [1.54, 1.807) is 19.3 Å². The van der Waals surface area contributed by atoms with Crippen LogP contribution in [-0.4, -0.2) is 64.0 Å². The number of hydrogen-bond donors (Lipinski definition) is 2. The number of rotatable bonds is 9. The summed E-state index contributed by atoms with van der Waals surface area (Å²) < 4.78 is 5.57. The summed E-state index contributed by atoms with van der Waals surface area (Å²) in [5.74, 6) is 1.41.